The zero-order valence-electron chi connectivity index (χ0n) is 12.6. The molecule has 0 unspecified atom stereocenters. The third-order valence-electron chi connectivity index (χ3n) is 3.80. The summed E-state index contributed by atoms with van der Waals surface area (Å²) in [5.74, 6) is 5.47. The van der Waals surface area contributed by atoms with E-state index in [4.69, 9.17) is 5.84 Å². The fraction of sp³-hybridized carbons (Fsp3) is 0.111. The molecule has 0 aliphatic heterocycles. The smallest absolute Gasteiger partial charge is 0.323 e. The third kappa shape index (κ3) is 3.22. The van der Waals surface area contributed by atoms with Crippen molar-refractivity contribution in [2.75, 3.05) is 0 Å². The van der Waals surface area contributed by atoms with Gasteiger partial charge in [0.1, 0.15) is 0 Å². The molecule has 24 heavy (non-hydrogen) atoms. The summed E-state index contributed by atoms with van der Waals surface area (Å²) in [4.78, 5) is 4.29. The summed E-state index contributed by atoms with van der Waals surface area (Å²) >= 11 is 0. The number of hydrogen-bond donors (Lipinski definition) is 1. The molecule has 0 saturated heterocycles. The van der Waals surface area contributed by atoms with Gasteiger partial charge in [0.25, 0.3) is 0 Å². The van der Waals surface area contributed by atoms with E-state index in [-0.39, 0.29) is 0 Å². The second-order valence-corrected chi connectivity index (χ2v) is 5.31. The first-order chi connectivity index (χ1) is 11.5. The molecular weight excluding hydrogens is 315 g/mol. The minimum Gasteiger partial charge on any atom is -0.323 e. The molecule has 0 spiro atoms. The van der Waals surface area contributed by atoms with E-state index in [1.165, 1.54) is 12.1 Å². The Morgan fingerprint density at radius 2 is 1.71 bits per heavy atom. The number of hydrogen-bond acceptors (Lipinski definition) is 3. The molecule has 6 heteroatoms. The summed E-state index contributed by atoms with van der Waals surface area (Å²) in [7, 11) is 0. The van der Waals surface area contributed by atoms with Crippen molar-refractivity contribution >= 4 is 16.6 Å². The van der Waals surface area contributed by atoms with Crippen LogP contribution in [0, 0.1) is 0 Å². The average molecular weight is 329 g/mol. The molecule has 0 bridgehead atoms. The van der Waals surface area contributed by atoms with Crippen molar-refractivity contribution in [1.82, 2.24) is 4.98 Å². The van der Waals surface area contributed by atoms with Crippen molar-refractivity contribution in [3.8, 4) is 0 Å². The number of nitrogens with two attached hydrogens (primary N) is 1. The maximum atomic E-state index is 12.7. The minimum absolute atomic E-state index is 0.408. The Kier molecular flexibility index (Phi) is 4.20. The lowest BCUT2D eigenvalue weighted by Gasteiger charge is -2.10. The first-order valence-corrected chi connectivity index (χ1v) is 7.26. The molecule has 0 atom stereocenters. The van der Waals surface area contributed by atoms with Gasteiger partial charge in [-0.05, 0) is 35.4 Å². The molecule has 0 radical (unpaired) electrons. The first kappa shape index (κ1) is 16.0. The van der Waals surface area contributed by atoms with Gasteiger partial charge in [0.05, 0.1) is 16.8 Å². The molecule has 0 fully saturated rings. The number of alkyl halides is 3. The summed E-state index contributed by atoms with van der Waals surface area (Å²) < 4.78 is 38.0. The summed E-state index contributed by atoms with van der Waals surface area (Å²) in [6.07, 6.45) is -2.26. The monoisotopic (exact) mass is 329 g/mol. The third-order valence-corrected chi connectivity index (χ3v) is 3.80. The van der Waals surface area contributed by atoms with Crippen molar-refractivity contribution in [3.05, 3.63) is 77.5 Å². The van der Waals surface area contributed by atoms with Gasteiger partial charge < -0.3 is 5.84 Å². The second kappa shape index (κ2) is 6.31. The van der Waals surface area contributed by atoms with Crippen LogP contribution < -0.4 is 5.84 Å². The fourth-order valence-electron chi connectivity index (χ4n) is 2.56. The van der Waals surface area contributed by atoms with E-state index < -0.39 is 11.7 Å². The van der Waals surface area contributed by atoms with Crippen LogP contribution in [0.4, 0.5) is 13.2 Å². The van der Waals surface area contributed by atoms with E-state index in [1.54, 1.807) is 6.20 Å². The molecule has 0 saturated carbocycles. The van der Waals surface area contributed by atoms with E-state index in [1.807, 2.05) is 30.3 Å². The van der Waals surface area contributed by atoms with Crippen molar-refractivity contribution in [2.24, 2.45) is 10.9 Å². The maximum Gasteiger partial charge on any atom is 0.416 e. The zero-order chi connectivity index (χ0) is 17.2. The Morgan fingerprint density at radius 3 is 2.38 bits per heavy atom. The van der Waals surface area contributed by atoms with Crippen molar-refractivity contribution < 1.29 is 13.2 Å². The molecule has 122 valence electrons. The van der Waals surface area contributed by atoms with Gasteiger partial charge in [-0.15, -0.1) is 0 Å². The number of aromatic nitrogens is 1. The van der Waals surface area contributed by atoms with Gasteiger partial charge in [-0.1, -0.05) is 30.3 Å². The molecule has 0 amide bonds. The van der Waals surface area contributed by atoms with E-state index in [0.717, 1.165) is 28.6 Å². The number of benzene rings is 2. The van der Waals surface area contributed by atoms with Crippen LogP contribution in [0.1, 0.15) is 16.7 Å². The van der Waals surface area contributed by atoms with Gasteiger partial charge in [0.15, 0.2) is 0 Å². The van der Waals surface area contributed by atoms with Crippen molar-refractivity contribution in [3.63, 3.8) is 0 Å². The summed E-state index contributed by atoms with van der Waals surface area (Å²) in [6, 6.07) is 14.3. The molecule has 3 rings (SSSR count). The average Bonchev–Trinajstić information content (AvgIpc) is 2.59. The number of para-hydroxylation sites is 1. The molecular formula is C18H14F3N3. The molecule has 3 aromatic rings. The fourth-order valence-corrected chi connectivity index (χ4v) is 2.56. The topological polar surface area (TPSA) is 51.3 Å². The Morgan fingerprint density at radius 1 is 1.00 bits per heavy atom. The number of rotatable bonds is 3. The highest BCUT2D eigenvalue weighted by molar-refractivity contribution is 6.03. The zero-order valence-corrected chi connectivity index (χ0v) is 12.6. The molecule has 1 heterocycles. The Bertz CT molecular complexity index is 879. The summed E-state index contributed by atoms with van der Waals surface area (Å²) in [6.45, 7) is 0. The molecule has 0 aliphatic carbocycles. The number of halogens is 3. The second-order valence-electron chi connectivity index (χ2n) is 5.31. The molecule has 3 nitrogen and oxygen atoms in total. The van der Waals surface area contributed by atoms with Crippen molar-refractivity contribution in [1.29, 1.82) is 0 Å². The van der Waals surface area contributed by atoms with Crippen molar-refractivity contribution in [2.45, 2.75) is 12.6 Å². The van der Waals surface area contributed by atoms with Crippen LogP contribution in [0.3, 0.4) is 0 Å². The highest BCUT2D eigenvalue weighted by Crippen LogP contribution is 2.29. The minimum atomic E-state index is -4.36. The van der Waals surface area contributed by atoms with Gasteiger partial charge in [-0.2, -0.15) is 18.3 Å². The van der Waals surface area contributed by atoms with Crippen LogP contribution >= 0.6 is 0 Å². The molecule has 2 N–H and O–H groups in total. The normalized spacial score (nSPS) is 12.5. The SMILES string of the molecule is NN=C(Cc1ccnc2ccccc12)c1ccc(C(F)(F)F)cc1. The van der Waals surface area contributed by atoms with Gasteiger partial charge >= 0.3 is 6.18 Å². The van der Waals surface area contributed by atoms with Crippen LogP contribution in [0.25, 0.3) is 10.9 Å². The van der Waals surface area contributed by atoms with Crippen LogP contribution in [0.15, 0.2) is 65.9 Å². The van der Waals surface area contributed by atoms with Crippen LogP contribution in [0.5, 0.6) is 0 Å². The van der Waals surface area contributed by atoms with Gasteiger partial charge in [-0.25, -0.2) is 0 Å². The summed E-state index contributed by atoms with van der Waals surface area (Å²) in [5.41, 5.74) is 2.19. The first-order valence-electron chi connectivity index (χ1n) is 7.26. The maximum absolute atomic E-state index is 12.7. The Labute approximate surface area is 136 Å². The van der Waals surface area contributed by atoms with Crippen LogP contribution in [0.2, 0.25) is 0 Å². The molecule has 2 aromatic carbocycles. The van der Waals surface area contributed by atoms with Crippen LogP contribution in [-0.2, 0) is 12.6 Å². The van der Waals surface area contributed by atoms with E-state index in [9.17, 15) is 13.2 Å². The highest BCUT2D eigenvalue weighted by atomic mass is 19.4. The molecule has 0 aliphatic rings. The number of hydrazone groups is 1. The van der Waals surface area contributed by atoms with Gasteiger partial charge in [0.2, 0.25) is 0 Å². The lowest BCUT2D eigenvalue weighted by molar-refractivity contribution is -0.137. The standard InChI is InChI=1S/C18H14F3N3/c19-18(20,21)14-7-5-12(6-8-14)17(24-22)11-13-9-10-23-16-4-2-1-3-15(13)16/h1-10H,11,22H2. The predicted molar refractivity (Wildman–Crippen MR) is 87.6 cm³/mol. The Balaban J connectivity index is 1.92. The van der Waals surface area contributed by atoms with Gasteiger partial charge in [0, 0.05) is 18.0 Å². The molecule has 1 aromatic heterocycles. The number of pyridine rings is 1. The van der Waals surface area contributed by atoms with Crippen LogP contribution in [-0.4, -0.2) is 10.7 Å². The Hall–Kier alpha value is -2.89. The highest BCUT2D eigenvalue weighted by Gasteiger charge is 2.30. The van der Waals surface area contributed by atoms with E-state index >= 15 is 0 Å². The summed E-state index contributed by atoms with van der Waals surface area (Å²) in [5, 5.41) is 4.73. The van der Waals surface area contributed by atoms with E-state index in [2.05, 4.69) is 10.1 Å². The van der Waals surface area contributed by atoms with Gasteiger partial charge in [-0.3, -0.25) is 4.98 Å². The lowest BCUT2D eigenvalue weighted by atomic mass is 9.98. The largest absolute Gasteiger partial charge is 0.416 e. The quantitative estimate of drug-likeness (QED) is 0.446. The number of fused-ring (bicyclic) bond motifs is 1. The number of nitrogens with zero attached hydrogens (tertiary/aromatic N) is 2. The van der Waals surface area contributed by atoms with E-state index in [0.29, 0.717) is 17.7 Å². The predicted octanol–water partition coefficient (Wildman–Crippen LogP) is 4.16. The lowest BCUT2D eigenvalue weighted by Crippen LogP contribution is -2.10.